The largest absolute Gasteiger partial charge is 0.464 e. The van der Waals surface area contributed by atoms with Crippen molar-refractivity contribution in [2.75, 3.05) is 19.7 Å². The number of carbonyl (C=O) groups is 2. The fourth-order valence-corrected chi connectivity index (χ4v) is 3.20. The van der Waals surface area contributed by atoms with Crippen LogP contribution in [0.5, 0.6) is 0 Å². The third-order valence-corrected chi connectivity index (χ3v) is 4.23. The van der Waals surface area contributed by atoms with Gasteiger partial charge in [-0.05, 0) is 66.5 Å². The van der Waals surface area contributed by atoms with Crippen LogP contribution in [0.3, 0.4) is 0 Å². The van der Waals surface area contributed by atoms with E-state index in [1.807, 2.05) is 0 Å². The molecule has 1 N–H and O–H groups in total. The first-order chi connectivity index (χ1) is 10.3. The SMILES string of the molecule is CCOC(=O)C1(NC(=O)OC(C)(C)C)CC(N2CCCC2)C1. The van der Waals surface area contributed by atoms with Crippen LogP contribution < -0.4 is 5.32 Å². The van der Waals surface area contributed by atoms with Crippen molar-refractivity contribution in [1.82, 2.24) is 10.2 Å². The molecule has 0 radical (unpaired) electrons. The van der Waals surface area contributed by atoms with E-state index >= 15 is 0 Å². The van der Waals surface area contributed by atoms with Gasteiger partial charge in [0.1, 0.15) is 11.1 Å². The first-order valence-electron chi connectivity index (χ1n) is 8.18. The summed E-state index contributed by atoms with van der Waals surface area (Å²) in [5.41, 5.74) is -1.51. The van der Waals surface area contributed by atoms with Crippen LogP contribution in [0.25, 0.3) is 0 Å². The molecule has 1 aliphatic heterocycles. The zero-order valence-electron chi connectivity index (χ0n) is 14.1. The molecule has 1 aliphatic carbocycles. The van der Waals surface area contributed by atoms with E-state index in [0.717, 1.165) is 13.1 Å². The molecular weight excluding hydrogens is 284 g/mol. The maximum atomic E-state index is 12.3. The van der Waals surface area contributed by atoms with Crippen LogP contribution in [0.1, 0.15) is 53.4 Å². The second-order valence-corrected chi connectivity index (χ2v) is 7.23. The molecular formula is C16H28N2O4. The minimum Gasteiger partial charge on any atom is -0.464 e. The van der Waals surface area contributed by atoms with Gasteiger partial charge < -0.3 is 19.7 Å². The van der Waals surface area contributed by atoms with Crippen LogP contribution in [0.2, 0.25) is 0 Å². The topological polar surface area (TPSA) is 67.9 Å². The number of hydrogen-bond donors (Lipinski definition) is 1. The molecule has 2 rings (SSSR count). The number of alkyl carbamates (subject to hydrolysis) is 1. The predicted octanol–water partition coefficient (Wildman–Crippen LogP) is 2.07. The molecule has 1 amide bonds. The lowest BCUT2D eigenvalue weighted by Crippen LogP contribution is -2.68. The Labute approximate surface area is 132 Å². The van der Waals surface area contributed by atoms with Gasteiger partial charge in [0, 0.05) is 6.04 Å². The van der Waals surface area contributed by atoms with E-state index in [2.05, 4.69) is 10.2 Å². The average molecular weight is 312 g/mol. The number of hydrogen-bond acceptors (Lipinski definition) is 5. The van der Waals surface area contributed by atoms with Crippen LogP contribution in [-0.2, 0) is 14.3 Å². The molecule has 2 fully saturated rings. The second-order valence-electron chi connectivity index (χ2n) is 7.23. The highest BCUT2D eigenvalue weighted by molar-refractivity contribution is 5.87. The van der Waals surface area contributed by atoms with E-state index < -0.39 is 17.2 Å². The highest BCUT2D eigenvalue weighted by Crippen LogP contribution is 2.38. The highest BCUT2D eigenvalue weighted by Gasteiger charge is 2.54. The number of nitrogens with one attached hydrogen (secondary N) is 1. The van der Waals surface area contributed by atoms with Gasteiger partial charge in [0.2, 0.25) is 0 Å². The van der Waals surface area contributed by atoms with Gasteiger partial charge in [0.25, 0.3) is 0 Å². The molecule has 0 atom stereocenters. The van der Waals surface area contributed by atoms with E-state index in [1.165, 1.54) is 12.8 Å². The molecule has 1 heterocycles. The number of likely N-dealkylation sites (tertiary alicyclic amines) is 1. The van der Waals surface area contributed by atoms with Crippen LogP contribution in [0.4, 0.5) is 4.79 Å². The first kappa shape index (κ1) is 17.1. The van der Waals surface area contributed by atoms with Gasteiger partial charge in [0.15, 0.2) is 0 Å². The molecule has 6 heteroatoms. The number of esters is 1. The molecule has 1 saturated carbocycles. The van der Waals surface area contributed by atoms with Gasteiger partial charge >= 0.3 is 12.1 Å². The van der Waals surface area contributed by atoms with E-state index in [4.69, 9.17) is 9.47 Å². The zero-order valence-corrected chi connectivity index (χ0v) is 14.1. The van der Waals surface area contributed by atoms with E-state index in [0.29, 0.717) is 25.5 Å². The summed E-state index contributed by atoms with van der Waals surface area (Å²) in [6.07, 6.45) is 3.07. The second kappa shape index (κ2) is 6.44. The average Bonchev–Trinajstić information content (AvgIpc) is 2.84. The summed E-state index contributed by atoms with van der Waals surface area (Å²) in [5.74, 6) is -0.351. The summed E-state index contributed by atoms with van der Waals surface area (Å²) in [5, 5.41) is 2.76. The fourth-order valence-electron chi connectivity index (χ4n) is 3.20. The van der Waals surface area contributed by atoms with Crippen molar-refractivity contribution in [3.05, 3.63) is 0 Å². The Hall–Kier alpha value is -1.30. The maximum Gasteiger partial charge on any atom is 0.408 e. The lowest BCUT2D eigenvalue weighted by molar-refractivity contribution is -0.158. The fraction of sp³-hybridized carbons (Fsp3) is 0.875. The molecule has 2 aliphatic rings. The summed E-state index contributed by atoms with van der Waals surface area (Å²) in [6, 6.07) is 0.349. The van der Waals surface area contributed by atoms with Crippen LogP contribution in [-0.4, -0.2) is 53.8 Å². The smallest absolute Gasteiger partial charge is 0.408 e. The number of ether oxygens (including phenoxy) is 2. The van der Waals surface area contributed by atoms with Crippen LogP contribution in [0.15, 0.2) is 0 Å². The molecule has 0 aromatic heterocycles. The van der Waals surface area contributed by atoms with Crippen molar-refractivity contribution in [3.63, 3.8) is 0 Å². The standard InChI is InChI=1S/C16H28N2O4/c1-5-21-13(19)16(17-14(20)22-15(2,3)4)10-12(11-16)18-8-6-7-9-18/h12H,5-11H2,1-4H3,(H,17,20). The summed E-state index contributed by atoms with van der Waals surface area (Å²) in [4.78, 5) is 26.7. The lowest BCUT2D eigenvalue weighted by atomic mass is 9.71. The summed E-state index contributed by atoms with van der Waals surface area (Å²) < 4.78 is 10.5. The van der Waals surface area contributed by atoms with Gasteiger partial charge in [-0.25, -0.2) is 9.59 Å². The highest BCUT2D eigenvalue weighted by atomic mass is 16.6. The Kier molecular flexibility index (Phi) is 5.00. The number of nitrogens with zero attached hydrogens (tertiary/aromatic N) is 1. The van der Waals surface area contributed by atoms with Crippen molar-refractivity contribution in [2.45, 2.75) is 70.6 Å². The van der Waals surface area contributed by atoms with E-state index in [1.54, 1.807) is 27.7 Å². The Balaban J connectivity index is 1.98. The van der Waals surface area contributed by atoms with Gasteiger partial charge in [-0.3, -0.25) is 0 Å². The Morgan fingerprint density at radius 1 is 1.23 bits per heavy atom. The number of amides is 1. The third-order valence-electron chi connectivity index (χ3n) is 4.23. The summed E-state index contributed by atoms with van der Waals surface area (Å²) in [6.45, 7) is 9.65. The molecule has 0 spiro atoms. The quantitative estimate of drug-likeness (QED) is 0.805. The van der Waals surface area contributed by atoms with Crippen molar-refractivity contribution >= 4 is 12.1 Å². The van der Waals surface area contributed by atoms with E-state index in [-0.39, 0.29) is 5.97 Å². The number of carbonyl (C=O) groups excluding carboxylic acids is 2. The number of rotatable bonds is 4. The third kappa shape index (κ3) is 3.91. The Morgan fingerprint density at radius 3 is 2.32 bits per heavy atom. The van der Waals surface area contributed by atoms with Crippen molar-refractivity contribution in [1.29, 1.82) is 0 Å². The van der Waals surface area contributed by atoms with Crippen LogP contribution in [0, 0.1) is 0 Å². The van der Waals surface area contributed by atoms with Gasteiger partial charge in [-0.1, -0.05) is 0 Å². The molecule has 6 nitrogen and oxygen atoms in total. The first-order valence-corrected chi connectivity index (χ1v) is 8.18. The molecule has 1 saturated heterocycles. The zero-order chi connectivity index (χ0) is 16.4. The molecule has 0 unspecified atom stereocenters. The monoisotopic (exact) mass is 312 g/mol. The van der Waals surface area contributed by atoms with Crippen molar-refractivity contribution in [3.8, 4) is 0 Å². The molecule has 22 heavy (non-hydrogen) atoms. The maximum absolute atomic E-state index is 12.3. The van der Waals surface area contributed by atoms with Gasteiger partial charge in [-0.2, -0.15) is 0 Å². The van der Waals surface area contributed by atoms with Gasteiger partial charge in [-0.15, -0.1) is 0 Å². The molecule has 0 bridgehead atoms. The van der Waals surface area contributed by atoms with Crippen molar-refractivity contribution < 1.29 is 19.1 Å². The summed E-state index contributed by atoms with van der Waals surface area (Å²) in [7, 11) is 0. The van der Waals surface area contributed by atoms with Crippen molar-refractivity contribution in [2.24, 2.45) is 0 Å². The lowest BCUT2D eigenvalue weighted by Gasteiger charge is -2.49. The predicted molar refractivity (Wildman–Crippen MR) is 82.6 cm³/mol. The molecule has 126 valence electrons. The Morgan fingerprint density at radius 2 is 1.82 bits per heavy atom. The minimum absolute atomic E-state index is 0.310. The van der Waals surface area contributed by atoms with E-state index in [9.17, 15) is 9.59 Å². The molecule has 0 aromatic rings. The van der Waals surface area contributed by atoms with Gasteiger partial charge in [0.05, 0.1) is 6.61 Å². The normalized spacial score (nSPS) is 28.8. The summed E-state index contributed by atoms with van der Waals surface area (Å²) >= 11 is 0. The molecule has 0 aromatic carbocycles. The van der Waals surface area contributed by atoms with Crippen LogP contribution >= 0.6 is 0 Å². The Bertz CT molecular complexity index is 418. The minimum atomic E-state index is -0.925.